The van der Waals surface area contributed by atoms with Crippen molar-refractivity contribution in [2.75, 3.05) is 5.73 Å². The molecule has 1 heterocycles. The molecule has 2 atom stereocenters. The van der Waals surface area contributed by atoms with Crippen LogP contribution in [0.2, 0.25) is 0 Å². The number of nitrogens with zero attached hydrogens (tertiary/aromatic N) is 1. The first kappa shape index (κ1) is 11.3. The summed E-state index contributed by atoms with van der Waals surface area (Å²) in [6, 6.07) is 0. The van der Waals surface area contributed by atoms with Crippen LogP contribution in [0.3, 0.4) is 0 Å². The van der Waals surface area contributed by atoms with Gasteiger partial charge in [0.15, 0.2) is 5.13 Å². The molecule has 1 aromatic rings. The molecule has 84 valence electrons. The summed E-state index contributed by atoms with van der Waals surface area (Å²) in [4.78, 5) is 4.27. The largest absolute Gasteiger partial charge is 0.375 e. The molecule has 0 amide bonds. The molecule has 0 radical (unpaired) electrons. The molecule has 0 aliphatic heterocycles. The number of hydrogen-bond acceptors (Lipinski definition) is 4. The molecule has 15 heavy (non-hydrogen) atoms. The monoisotopic (exact) mass is 242 g/mol. The summed E-state index contributed by atoms with van der Waals surface area (Å²) in [6.45, 7) is 4.42. The first-order valence-corrected chi connectivity index (χ1v) is 7.24. The summed E-state index contributed by atoms with van der Waals surface area (Å²) in [7, 11) is 0. The smallest absolute Gasteiger partial charge is 0.181 e. The minimum absolute atomic E-state index is 0.707. The van der Waals surface area contributed by atoms with Crippen molar-refractivity contribution in [2.24, 2.45) is 5.92 Å². The average molecular weight is 242 g/mol. The van der Waals surface area contributed by atoms with Crippen LogP contribution in [0, 0.1) is 12.8 Å². The third-order valence-electron chi connectivity index (χ3n) is 2.93. The quantitative estimate of drug-likeness (QED) is 0.859. The van der Waals surface area contributed by atoms with E-state index in [0.29, 0.717) is 5.13 Å². The summed E-state index contributed by atoms with van der Waals surface area (Å²) in [6.07, 6.45) is 5.49. The fourth-order valence-electron chi connectivity index (χ4n) is 2.15. The highest BCUT2D eigenvalue weighted by Gasteiger charge is 2.21. The zero-order valence-corrected chi connectivity index (χ0v) is 11.0. The molecular formula is C11H18N2S2. The van der Waals surface area contributed by atoms with Crippen LogP contribution in [0.4, 0.5) is 5.13 Å². The van der Waals surface area contributed by atoms with E-state index in [0.717, 1.165) is 16.9 Å². The fraction of sp³-hybridized carbons (Fsp3) is 0.727. The van der Waals surface area contributed by atoms with Crippen LogP contribution in [0.15, 0.2) is 4.21 Å². The number of nitrogens with two attached hydrogens (primary N) is 1. The van der Waals surface area contributed by atoms with E-state index < -0.39 is 0 Å². The second-order valence-corrected chi connectivity index (χ2v) is 7.04. The van der Waals surface area contributed by atoms with Gasteiger partial charge >= 0.3 is 0 Å². The molecule has 1 fully saturated rings. The van der Waals surface area contributed by atoms with Crippen LogP contribution in [-0.4, -0.2) is 10.2 Å². The first-order valence-electron chi connectivity index (χ1n) is 5.54. The highest BCUT2D eigenvalue weighted by atomic mass is 32.2. The topological polar surface area (TPSA) is 38.9 Å². The third-order valence-corrected chi connectivity index (χ3v) is 5.52. The third kappa shape index (κ3) is 2.88. The Labute approximate surface area is 99.7 Å². The Hall–Kier alpha value is -0.220. The van der Waals surface area contributed by atoms with Crippen LogP contribution < -0.4 is 5.73 Å². The van der Waals surface area contributed by atoms with Gasteiger partial charge in [-0.15, -0.1) is 11.8 Å². The highest BCUT2D eigenvalue weighted by molar-refractivity contribution is 8.01. The summed E-state index contributed by atoms with van der Waals surface area (Å²) in [5.41, 5.74) is 6.82. The average Bonchev–Trinajstić information content (AvgIpc) is 2.45. The summed E-state index contributed by atoms with van der Waals surface area (Å²) < 4.78 is 1.33. The van der Waals surface area contributed by atoms with Gasteiger partial charge < -0.3 is 5.73 Å². The van der Waals surface area contributed by atoms with E-state index in [2.05, 4.69) is 18.8 Å². The molecule has 4 heteroatoms. The molecule has 1 saturated carbocycles. The number of rotatable bonds is 2. The van der Waals surface area contributed by atoms with E-state index in [1.165, 1.54) is 29.9 Å². The maximum absolute atomic E-state index is 5.71. The van der Waals surface area contributed by atoms with Crippen LogP contribution >= 0.6 is 23.1 Å². The van der Waals surface area contributed by atoms with Crippen molar-refractivity contribution in [2.45, 2.75) is 49.0 Å². The van der Waals surface area contributed by atoms with Crippen molar-refractivity contribution in [3.63, 3.8) is 0 Å². The Morgan fingerprint density at radius 1 is 1.47 bits per heavy atom. The molecule has 2 N–H and O–H groups in total. The number of thiazole rings is 1. The molecule has 2 nitrogen and oxygen atoms in total. The van der Waals surface area contributed by atoms with Crippen molar-refractivity contribution in [3.8, 4) is 0 Å². The predicted octanol–water partition coefficient (Wildman–Crippen LogP) is 3.70. The number of thioether (sulfide) groups is 1. The van der Waals surface area contributed by atoms with E-state index in [1.54, 1.807) is 11.3 Å². The Morgan fingerprint density at radius 3 is 2.87 bits per heavy atom. The van der Waals surface area contributed by atoms with Crippen molar-refractivity contribution in [1.29, 1.82) is 0 Å². The first-order chi connectivity index (χ1) is 7.15. The van der Waals surface area contributed by atoms with E-state index in [4.69, 9.17) is 5.73 Å². The highest BCUT2D eigenvalue weighted by Crippen LogP contribution is 2.40. The maximum atomic E-state index is 5.71. The van der Waals surface area contributed by atoms with Crippen LogP contribution in [0.5, 0.6) is 0 Å². The molecule has 0 saturated heterocycles. The number of hydrogen-bond donors (Lipinski definition) is 1. The van der Waals surface area contributed by atoms with Crippen molar-refractivity contribution < 1.29 is 0 Å². The summed E-state index contributed by atoms with van der Waals surface area (Å²) in [5, 5.41) is 1.49. The van der Waals surface area contributed by atoms with Gasteiger partial charge in [-0.2, -0.15) is 0 Å². The van der Waals surface area contributed by atoms with Crippen molar-refractivity contribution in [1.82, 2.24) is 4.98 Å². The molecular weight excluding hydrogens is 224 g/mol. The van der Waals surface area contributed by atoms with E-state index in [9.17, 15) is 0 Å². The summed E-state index contributed by atoms with van der Waals surface area (Å²) in [5.74, 6) is 0.891. The maximum Gasteiger partial charge on any atom is 0.181 e. The number of nitrogen functional groups attached to an aromatic ring is 1. The van der Waals surface area contributed by atoms with Gasteiger partial charge in [0.05, 0.1) is 9.90 Å². The van der Waals surface area contributed by atoms with E-state index in [-0.39, 0.29) is 0 Å². The van der Waals surface area contributed by atoms with Crippen molar-refractivity contribution >= 4 is 28.2 Å². The molecule has 1 aliphatic carbocycles. The summed E-state index contributed by atoms with van der Waals surface area (Å²) >= 11 is 3.63. The number of aryl methyl sites for hydroxylation is 1. The molecule has 2 unspecified atom stereocenters. The van der Waals surface area contributed by atoms with E-state index >= 15 is 0 Å². The Balaban J connectivity index is 1.99. The van der Waals surface area contributed by atoms with Gasteiger partial charge in [0.2, 0.25) is 0 Å². The molecule has 2 rings (SSSR count). The van der Waals surface area contributed by atoms with Crippen LogP contribution in [0.1, 0.15) is 38.3 Å². The van der Waals surface area contributed by atoms with Gasteiger partial charge in [-0.3, -0.25) is 0 Å². The van der Waals surface area contributed by atoms with Gasteiger partial charge in [0, 0.05) is 5.25 Å². The van der Waals surface area contributed by atoms with Gasteiger partial charge in [0.25, 0.3) is 0 Å². The standard InChI is InChI=1S/C11H18N2S2/c1-7-4-3-5-9(6-7)14-10-8(2)13-11(12)15-10/h7,9H,3-6H2,1-2H3,(H2,12,13). The normalized spacial score (nSPS) is 26.8. The van der Waals surface area contributed by atoms with Crippen LogP contribution in [-0.2, 0) is 0 Å². The molecule has 1 aliphatic rings. The Bertz CT molecular complexity index is 335. The second kappa shape index (κ2) is 4.74. The Kier molecular flexibility index (Phi) is 3.57. The van der Waals surface area contributed by atoms with Gasteiger partial charge in [-0.1, -0.05) is 31.1 Å². The van der Waals surface area contributed by atoms with Gasteiger partial charge in [-0.05, 0) is 25.7 Å². The minimum Gasteiger partial charge on any atom is -0.375 e. The molecule has 0 bridgehead atoms. The lowest BCUT2D eigenvalue weighted by atomic mass is 9.91. The lowest BCUT2D eigenvalue weighted by Gasteiger charge is -2.25. The minimum atomic E-state index is 0.707. The predicted molar refractivity (Wildman–Crippen MR) is 68.5 cm³/mol. The van der Waals surface area contributed by atoms with Gasteiger partial charge in [0.1, 0.15) is 0 Å². The lowest BCUT2D eigenvalue weighted by Crippen LogP contribution is -2.14. The Morgan fingerprint density at radius 2 is 2.27 bits per heavy atom. The lowest BCUT2D eigenvalue weighted by molar-refractivity contribution is 0.394. The van der Waals surface area contributed by atoms with Crippen molar-refractivity contribution in [3.05, 3.63) is 5.69 Å². The second-order valence-electron chi connectivity index (χ2n) is 4.44. The zero-order valence-electron chi connectivity index (χ0n) is 9.32. The van der Waals surface area contributed by atoms with Gasteiger partial charge in [-0.25, -0.2) is 4.98 Å². The van der Waals surface area contributed by atoms with Crippen LogP contribution in [0.25, 0.3) is 0 Å². The molecule has 0 spiro atoms. The SMILES string of the molecule is Cc1nc(N)sc1SC1CCCC(C)C1. The zero-order chi connectivity index (χ0) is 10.8. The fourth-order valence-corrected chi connectivity index (χ4v) is 4.80. The number of aromatic nitrogens is 1. The van der Waals surface area contributed by atoms with E-state index in [1.807, 2.05) is 11.8 Å². The molecule has 0 aromatic carbocycles. The number of anilines is 1. The molecule has 1 aromatic heterocycles.